The molecule has 1 unspecified atom stereocenters. The van der Waals surface area contributed by atoms with E-state index in [-0.39, 0.29) is 0 Å². The molecule has 2 atom stereocenters. The molecule has 0 amide bonds. The van der Waals surface area contributed by atoms with Crippen LogP contribution in [0.4, 0.5) is 0 Å². The maximum atomic E-state index is 10.7. The van der Waals surface area contributed by atoms with Gasteiger partial charge in [0.05, 0.1) is 11.0 Å². The van der Waals surface area contributed by atoms with Crippen molar-refractivity contribution in [3.8, 4) is 0 Å². The van der Waals surface area contributed by atoms with Crippen molar-refractivity contribution >= 4 is 17.0 Å². The fourth-order valence-corrected chi connectivity index (χ4v) is 0.993. The fraction of sp³-hybridized carbons (Fsp3) is 0.800. The number of nitrogens with one attached hydrogen (secondary N) is 1. The summed E-state index contributed by atoms with van der Waals surface area (Å²) >= 11 is 0. The van der Waals surface area contributed by atoms with E-state index in [1.165, 1.54) is 6.92 Å². The van der Waals surface area contributed by atoms with Gasteiger partial charge in [-0.3, -0.25) is 4.79 Å². The van der Waals surface area contributed by atoms with Crippen molar-refractivity contribution in [2.75, 3.05) is 5.75 Å². The standard InChI is InChI=1S/C5H11NO3S/c1-3-10(9)6-4(2)5(7)8/h4,6H,3H2,1-2H3,(H,7,8)/t4-,10?/m1/s1. The van der Waals surface area contributed by atoms with Crippen LogP contribution in [0.5, 0.6) is 0 Å². The van der Waals surface area contributed by atoms with Crippen LogP contribution in [0.1, 0.15) is 13.8 Å². The van der Waals surface area contributed by atoms with Crippen molar-refractivity contribution in [2.45, 2.75) is 19.9 Å². The number of carboxylic acid groups (broad SMARTS) is 1. The lowest BCUT2D eigenvalue weighted by molar-refractivity contribution is -0.138. The fourth-order valence-electron chi connectivity index (χ4n) is 0.331. The van der Waals surface area contributed by atoms with Gasteiger partial charge < -0.3 is 5.11 Å². The van der Waals surface area contributed by atoms with Gasteiger partial charge in [0.1, 0.15) is 6.04 Å². The Hall–Kier alpha value is -0.420. The molecule has 10 heavy (non-hydrogen) atoms. The van der Waals surface area contributed by atoms with Gasteiger partial charge in [0.2, 0.25) is 0 Å². The minimum absolute atomic E-state index is 0.428. The highest BCUT2D eigenvalue weighted by molar-refractivity contribution is 7.83. The second-order valence-corrected chi connectivity index (χ2v) is 3.32. The van der Waals surface area contributed by atoms with Crippen molar-refractivity contribution in [1.29, 1.82) is 0 Å². The number of hydrogen-bond donors (Lipinski definition) is 2. The van der Waals surface area contributed by atoms with Gasteiger partial charge in [-0.25, -0.2) is 8.93 Å². The van der Waals surface area contributed by atoms with Gasteiger partial charge in [0, 0.05) is 5.75 Å². The van der Waals surface area contributed by atoms with E-state index in [2.05, 4.69) is 4.72 Å². The monoisotopic (exact) mass is 165 g/mol. The summed E-state index contributed by atoms with van der Waals surface area (Å²) in [5.41, 5.74) is 0. The molecule has 0 aliphatic rings. The van der Waals surface area contributed by atoms with E-state index >= 15 is 0 Å². The van der Waals surface area contributed by atoms with Crippen LogP contribution in [0.25, 0.3) is 0 Å². The molecule has 0 aliphatic heterocycles. The molecule has 0 rings (SSSR count). The Morgan fingerprint density at radius 1 is 1.80 bits per heavy atom. The minimum Gasteiger partial charge on any atom is -0.480 e. The number of carboxylic acids is 1. The first-order chi connectivity index (χ1) is 4.57. The van der Waals surface area contributed by atoms with Crippen molar-refractivity contribution in [3.05, 3.63) is 0 Å². The zero-order chi connectivity index (χ0) is 8.15. The zero-order valence-corrected chi connectivity index (χ0v) is 6.77. The largest absolute Gasteiger partial charge is 0.480 e. The van der Waals surface area contributed by atoms with Crippen LogP contribution < -0.4 is 4.72 Å². The van der Waals surface area contributed by atoms with E-state index in [4.69, 9.17) is 5.11 Å². The molecule has 2 N–H and O–H groups in total. The first-order valence-corrected chi connectivity index (χ1v) is 4.27. The number of hydrogen-bond acceptors (Lipinski definition) is 2. The second kappa shape index (κ2) is 4.40. The van der Waals surface area contributed by atoms with Crippen molar-refractivity contribution < 1.29 is 14.1 Å². The molecule has 0 fully saturated rings. The third kappa shape index (κ3) is 3.58. The first-order valence-electron chi connectivity index (χ1n) is 2.95. The van der Waals surface area contributed by atoms with Crippen LogP contribution in [0.3, 0.4) is 0 Å². The van der Waals surface area contributed by atoms with E-state index in [9.17, 15) is 9.00 Å². The van der Waals surface area contributed by atoms with Gasteiger partial charge in [-0.2, -0.15) is 0 Å². The Balaban J connectivity index is 3.68. The summed E-state index contributed by atoms with van der Waals surface area (Å²) in [4.78, 5) is 10.2. The molecule has 0 aliphatic carbocycles. The highest BCUT2D eigenvalue weighted by Gasteiger charge is 2.11. The summed E-state index contributed by atoms with van der Waals surface area (Å²) in [6.45, 7) is 3.17. The molecule has 5 heteroatoms. The van der Waals surface area contributed by atoms with Gasteiger partial charge in [0.15, 0.2) is 0 Å². The quantitative estimate of drug-likeness (QED) is 0.602. The lowest BCUT2D eigenvalue weighted by atomic mass is 10.4. The van der Waals surface area contributed by atoms with E-state index in [0.717, 1.165) is 0 Å². The summed E-state index contributed by atoms with van der Waals surface area (Å²) in [6.07, 6.45) is 0. The summed E-state index contributed by atoms with van der Waals surface area (Å²) in [7, 11) is -1.21. The minimum atomic E-state index is -1.21. The molecule has 0 radical (unpaired) electrons. The molecular weight excluding hydrogens is 154 g/mol. The van der Waals surface area contributed by atoms with Gasteiger partial charge in [-0.1, -0.05) is 6.92 Å². The predicted octanol–water partition coefficient (Wildman–Crippen LogP) is -0.267. The zero-order valence-electron chi connectivity index (χ0n) is 5.96. The highest BCUT2D eigenvalue weighted by Crippen LogP contribution is 1.83. The molecule has 0 saturated carbocycles. The Morgan fingerprint density at radius 2 is 2.30 bits per heavy atom. The van der Waals surface area contributed by atoms with Gasteiger partial charge in [-0.05, 0) is 6.92 Å². The smallest absolute Gasteiger partial charge is 0.321 e. The Kier molecular flexibility index (Phi) is 4.22. The van der Waals surface area contributed by atoms with Crippen LogP contribution >= 0.6 is 0 Å². The van der Waals surface area contributed by atoms with Crippen LogP contribution in [0.2, 0.25) is 0 Å². The Labute approximate surface area is 62.2 Å². The summed E-state index contributed by atoms with van der Waals surface area (Å²) in [6, 6.07) is -0.735. The maximum absolute atomic E-state index is 10.7. The van der Waals surface area contributed by atoms with Crippen molar-refractivity contribution in [3.63, 3.8) is 0 Å². The van der Waals surface area contributed by atoms with Gasteiger partial charge >= 0.3 is 5.97 Å². The van der Waals surface area contributed by atoms with Gasteiger partial charge in [-0.15, -0.1) is 0 Å². The van der Waals surface area contributed by atoms with E-state index in [0.29, 0.717) is 5.75 Å². The first kappa shape index (κ1) is 9.58. The number of rotatable bonds is 4. The van der Waals surface area contributed by atoms with E-state index in [1.807, 2.05) is 0 Å². The molecule has 0 bridgehead atoms. The Morgan fingerprint density at radius 3 is 2.60 bits per heavy atom. The average molecular weight is 165 g/mol. The average Bonchev–Trinajstić information content (AvgIpc) is 1.87. The Bertz CT molecular complexity index is 148. The SMILES string of the molecule is CCS(=O)N[C@H](C)C(=O)O. The van der Waals surface area contributed by atoms with Crippen LogP contribution in [0, 0.1) is 0 Å². The van der Waals surface area contributed by atoms with E-state index in [1.54, 1.807) is 6.92 Å². The lowest BCUT2D eigenvalue weighted by Crippen LogP contribution is -2.35. The molecule has 0 saturated heterocycles. The number of carbonyl (C=O) groups is 1. The molecule has 0 aromatic rings. The molecule has 60 valence electrons. The summed E-state index contributed by atoms with van der Waals surface area (Å²) < 4.78 is 13.1. The highest BCUT2D eigenvalue weighted by atomic mass is 32.2. The topological polar surface area (TPSA) is 66.4 Å². The normalized spacial score (nSPS) is 16.2. The third-order valence-electron chi connectivity index (χ3n) is 0.941. The summed E-state index contributed by atoms with van der Waals surface area (Å²) in [5, 5.41) is 8.33. The lowest BCUT2D eigenvalue weighted by Gasteiger charge is -2.05. The molecule has 4 nitrogen and oxygen atoms in total. The third-order valence-corrected chi connectivity index (χ3v) is 2.08. The van der Waals surface area contributed by atoms with Crippen LogP contribution in [0.15, 0.2) is 0 Å². The molecule has 0 heterocycles. The molecule has 0 aromatic heterocycles. The van der Waals surface area contributed by atoms with Crippen molar-refractivity contribution in [2.24, 2.45) is 0 Å². The second-order valence-electron chi connectivity index (χ2n) is 1.81. The summed E-state index contributed by atoms with van der Waals surface area (Å²) in [5.74, 6) is -0.556. The van der Waals surface area contributed by atoms with E-state index < -0.39 is 23.0 Å². The predicted molar refractivity (Wildman–Crippen MR) is 38.9 cm³/mol. The van der Waals surface area contributed by atoms with Crippen LogP contribution in [-0.4, -0.2) is 27.1 Å². The molecule has 0 aromatic carbocycles. The van der Waals surface area contributed by atoms with Crippen molar-refractivity contribution in [1.82, 2.24) is 4.72 Å². The number of aliphatic carboxylic acids is 1. The maximum Gasteiger partial charge on any atom is 0.321 e. The molecule has 0 spiro atoms. The molecular formula is C5H11NO3S. The van der Waals surface area contributed by atoms with Crippen LogP contribution in [-0.2, 0) is 15.8 Å². The van der Waals surface area contributed by atoms with Gasteiger partial charge in [0.25, 0.3) is 0 Å².